The average Bonchev–Trinajstić information content (AvgIpc) is 2.81. The zero-order valence-electron chi connectivity index (χ0n) is 9.19. The molecule has 0 atom stereocenters. The van der Waals surface area contributed by atoms with E-state index in [0.717, 1.165) is 43.9 Å². The van der Waals surface area contributed by atoms with Crippen LogP contribution in [0.1, 0.15) is 5.56 Å². The zero-order chi connectivity index (χ0) is 11.2. The van der Waals surface area contributed by atoms with Crippen molar-refractivity contribution in [3.05, 3.63) is 29.8 Å². The van der Waals surface area contributed by atoms with Crippen molar-refractivity contribution in [2.75, 3.05) is 26.4 Å². The topological polar surface area (TPSA) is 41.6 Å². The predicted octanol–water partition coefficient (Wildman–Crippen LogP) is 0.627. The van der Waals surface area contributed by atoms with Gasteiger partial charge in [-0.1, -0.05) is 18.2 Å². The largest absolute Gasteiger partial charge is 0.486 e. The van der Waals surface area contributed by atoms with Gasteiger partial charge in [-0.3, -0.25) is 9.69 Å². The van der Waals surface area contributed by atoms with Gasteiger partial charge in [-0.05, 0) is 6.07 Å². The Kier molecular flexibility index (Phi) is 3.91. The molecule has 1 aromatic carbocycles. The fourth-order valence-corrected chi connectivity index (χ4v) is 1.83. The summed E-state index contributed by atoms with van der Waals surface area (Å²) in [6.07, 6.45) is 0.772. The summed E-state index contributed by atoms with van der Waals surface area (Å²) < 4.78 is 5.38. The number of hydrogen-bond donors (Lipinski definition) is 1. The molecular weight excluding hydrogens is 204 g/mol. The van der Waals surface area contributed by atoms with Gasteiger partial charge < -0.3 is 10.1 Å². The summed E-state index contributed by atoms with van der Waals surface area (Å²) in [5, 5.41) is 3.28. The molecule has 0 aromatic heterocycles. The van der Waals surface area contributed by atoms with Crippen molar-refractivity contribution in [3.8, 4) is 5.75 Å². The molecule has 1 N–H and O–H groups in total. The Morgan fingerprint density at radius 2 is 2.31 bits per heavy atom. The Balaban J connectivity index is 2.02. The minimum atomic E-state index is 0.120. The molecule has 0 aliphatic carbocycles. The third kappa shape index (κ3) is 2.81. The number of para-hydroxylation sites is 1. The molecule has 1 aliphatic rings. The van der Waals surface area contributed by atoms with Gasteiger partial charge >= 0.3 is 0 Å². The van der Waals surface area contributed by atoms with Crippen LogP contribution in [0, 0.1) is 0 Å². The number of nitrogens with zero attached hydrogens (tertiary/aromatic N) is 1. The fraction of sp³-hybridized carbons (Fsp3) is 0.417. The molecule has 0 radical (unpaired) electrons. The Morgan fingerprint density at radius 1 is 1.44 bits per heavy atom. The molecule has 0 spiro atoms. The summed E-state index contributed by atoms with van der Waals surface area (Å²) in [6, 6.07) is 7.86. The van der Waals surface area contributed by atoms with Crippen molar-refractivity contribution in [2.24, 2.45) is 0 Å². The monoisotopic (exact) mass is 220 g/mol. The van der Waals surface area contributed by atoms with Gasteiger partial charge in [0.15, 0.2) is 6.29 Å². The van der Waals surface area contributed by atoms with E-state index in [1.54, 1.807) is 0 Å². The first-order valence-corrected chi connectivity index (χ1v) is 5.47. The number of aldehydes is 1. The molecule has 1 fully saturated rings. The Labute approximate surface area is 95.2 Å². The van der Waals surface area contributed by atoms with Crippen molar-refractivity contribution in [3.63, 3.8) is 0 Å². The van der Waals surface area contributed by atoms with E-state index >= 15 is 0 Å². The first-order valence-electron chi connectivity index (χ1n) is 5.47. The van der Waals surface area contributed by atoms with Gasteiger partial charge in [-0.25, -0.2) is 0 Å². The lowest BCUT2D eigenvalue weighted by Crippen LogP contribution is -2.21. The lowest BCUT2D eigenvalue weighted by Gasteiger charge is -2.16. The number of rotatable bonds is 5. The van der Waals surface area contributed by atoms with Gasteiger partial charge in [0, 0.05) is 31.9 Å². The van der Waals surface area contributed by atoms with Crippen molar-refractivity contribution in [1.29, 1.82) is 0 Å². The number of ether oxygens (including phenoxy) is 1. The molecule has 4 heteroatoms. The molecule has 0 bridgehead atoms. The van der Waals surface area contributed by atoms with E-state index in [9.17, 15) is 4.79 Å². The predicted molar refractivity (Wildman–Crippen MR) is 61.3 cm³/mol. The SMILES string of the molecule is O=CCOc1ccccc1CN1CCNC1. The Bertz CT molecular complexity index is 349. The van der Waals surface area contributed by atoms with Crippen LogP contribution < -0.4 is 10.1 Å². The second-order valence-corrected chi connectivity index (χ2v) is 3.80. The number of benzene rings is 1. The summed E-state index contributed by atoms with van der Waals surface area (Å²) in [6.45, 7) is 4.00. The van der Waals surface area contributed by atoms with Crippen LogP contribution in [0.2, 0.25) is 0 Å². The van der Waals surface area contributed by atoms with Gasteiger partial charge in [0.2, 0.25) is 0 Å². The quantitative estimate of drug-likeness (QED) is 0.739. The van der Waals surface area contributed by atoms with Crippen molar-refractivity contribution in [1.82, 2.24) is 10.2 Å². The first-order chi connectivity index (χ1) is 7.90. The lowest BCUT2D eigenvalue weighted by atomic mass is 10.2. The highest BCUT2D eigenvalue weighted by atomic mass is 16.5. The molecule has 1 heterocycles. The van der Waals surface area contributed by atoms with E-state index in [0.29, 0.717) is 0 Å². The molecule has 16 heavy (non-hydrogen) atoms. The van der Waals surface area contributed by atoms with Gasteiger partial charge in [-0.15, -0.1) is 0 Å². The van der Waals surface area contributed by atoms with Crippen LogP contribution >= 0.6 is 0 Å². The van der Waals surface area contributed by atoms with Gasteiger partial charge in [0.25, 0.3) is 0 Å². The molecule has 4 nitrogen and oxygen atoms in total. The average molecular weight is 220 g/mol. The molecule has 0 saturated carbocycles. The van der Waals surface area contributed by atoms with Crippen molar-refractivity contribution in [2.45, 2.75) is 6.54 Å². The smallest absolute Gasteiger partial charge is 0.157 e. The molecule has 1 aliphatic heterocycles. The van der Waals surface area contributed by atoms with Crippen LogP contribution in [0.25, 0.3) is 0 Å². The maximum atomic E-state index is 10.3. The van der Waals surface area contributed by atoms with E-state index in [1.807, 2.05) is 24.3 Å². The number of carbonyl (C=O) groups is 1. The maximum Gasteiger partial charge on any atom is 0.157 e. The molecular formula is C12H16N2O2. The van der Waals surface area contributed by atoms with Crippen LogP contribution in [-0.4, -0.2) is 37.6 Å². The van der Waals surface area contributed by atoms with Gasteiger partial charge in [-0.2, -0.15) is 0 Å². The second kappa shape index (κ2) is 5.63. The number of hydrogen-bond acceptors (Lipinski definition) is 4. The van der Waals surface area contributed by atoms with E-state index in [2.05, 4.69) is 10.2 Å². The minimum Gasteiger partial charge on any atom is -0.486 e. The molecule has 0 unspecified atom stereocenters. The number of nitrogens with one attached hydrogen (secondary N) is 1. The van der Waals surface area contributed by atoms with Gasteiger partial charge in [0.1, 0.15) is 12.4 Å². The van der Waals surface area contributed by atoms with E-state index in [-0.39, 0.29) is 6.61 Å². The summed E-state index contributed by atoms with van der Waals surface area (Å²) in [7, 11) is 0. The third-order valence-corrected chi connectivity index (χ3v) is 2.61. The van der Waals surface area contributed by atoms with E-state index in [4.69, 9.17) is 4.74 Å². The van der Waals surface area contributed by atoms with Gasteiger partial charge in [0.05, 0.1) is 0 Å². The minimum absolute atomic E-state index is 0.120. The van der Waals surface area contributed by atoms with Crippen molar-refractivity contribution < 1.29 is 9.53 Å². The highest BCUT2D eigenvalue weighted by Crippen LogP contribution is 2.19. The highest BCUT2D eigenvalue weighted by Gasteiger charge is 2.13. The Hall–Kier alpha value is -1.39. The summed E-state index contributed by atoms with van der Waals surface area (Å²) in [5.74, 6) is 0.807. The summed E-state index contributed by atoms with van der Waals surface area (Å²) in [5.41, 5.74) is 1.13. The summed E-state index contributed by atoms with van der Waals surface area (Å²) in [4.78, 5) is 12.6. The third-order valence-electron chi connectivity index (χ3n) is 2.61. The normalized spacial score (nSPS) is 16.2. The number of carbonyl (C=O) groups excluding carboxylic acids is 1. The van der Waals surface area contributed by atoms with Crippen LogP contribution in [0.3, 0.4) is 0 Å². The molecule has 1 saturated heterocycles. The van der Waals surface area contributed by atoms with E-state index < -0.39 is 0 Å². The molecule has 86 valence electrons. The second-order valence-electron chi connectivity index (χ2n) is 3.80. The zero-order valence-corrected chi connectivity index (χ0v) is 9.19. The molecule has 2 rings (SSSR count). The highest BCUT2D eigenvalue weighted by molar-refractivity contribution is 5.51. The van der Waals surface area contributed by atoms with Crippen molar-refractivity contribution >= 4 is 6.29 Å². The van der Waals surface area contributed by atoms with Crippen LogP contribution in [0.4, 0.5) is 0 Å². The molecule has 1 aromatic rings. The fourth-order valence-electron chi connectivity index (χ4n) is 1.83. The lowest BCUT2D eigenvalue weighted by molar-refractivity contribution is -0.109. The van der Waals surface area contributed by atoms with Crippen LogP contribution in [-0.2, 0) is 11.3 Å². The maximum absolute atomic E-state index is 10.3. The van der Waals surface area contributed by atoms with E-state index in [1.165, 1.54) is 0 Å². The molecule has 0 amide bonds. The Morgan fingerprint density at radius 3 is 3.06 bits per heavy atom. The summed E-state index contributed by atoms with van der Waals surface area (Å²) >= 11 is 0. The van der Waals surface area contributed by atoms with Crippen LogP contribution in [0.5, 0.6) is 5.75 Å². The first kappa shape index (κ1) is 11.1. The standard InChI is InChI=1S/C12H16N2O2/c15-7-8-16-12-4-2-1-3-11(12)9-14-6-5-13-10-14/h1-4,7,13H,5-6,8-10H2. The van der Waals surface area contributed by atoms with Crippen LogP contribution in [0.15, 0.2) is 24.3 Å².